The van der Waals surface area contributed by atoms with Crippen LogP contribution >= 0.6 is 48.6 Å². The number of rotatable bonds is 5. The van der Waals surface area contributed by atoms with E-state index < -0.39 is 11.9 Å². The Morgan fingerprint density at radius 3 is 2.41 bits per heavy atom. The zero-order valence-electron chi connectivity index (χ0n) is 24.4. The van der Waals surface area contributed by atoms with Crippen LogP contribution in [0.15, 0.2) is 24.4 Å². The molecule has 3 aromatic rings. The predicted molar refractivity (Wildman–Crippen MR) is 169 cm³/mol. The fraction of sp³-hybridized carbons (Fsp3) is 0.483. The van der Waals surface area contributed by atoms with Crippen molar-refractivity contribution in [2.75, 3.05) is 20.1 Å². The van der Waals surface area contributed by atoms with Gasteiger partial charge in [-0.2, -0.15) is 13.2 Å². The minimum atomic E-state index is -4.71. The number of hydrogen-bond donors (Lipinski definition) is 1. The second kappa shape index (κ2) is 12.7. The number of carbonyl (C=O) groups excluding carboxylic acids is 3. The number of carbonyl (C=O) groups is 3. The highest BCUT2D eigenvalue weighted by atomic mass is 35.5. The van der Waals surface area contributed by atoms with Crippen molar-refractivity contribution in [1.82, 2.24) is 25.1 Å². The molecule has 3 atom stereocenters. The average Bonchev–Trinajstić information content (AvgIpc) is 3.17. The van der Waals surface area contributed by atoms with Gasteiger partial charge in [0.15, 0.2) is 0 Å². The number of likely N-dealkylation sites (N-methyl/N-ethyl adjacent to an activating group) is 1. The van der Waals surface area contributed by atoms with E-state index in [2.05, 4.69) is 15.3 Å². The molecule has 15 heteroatoms. The third-order valence-electron chi connectivity index (χ3n) is 8.76. The molecule has 3 aromatic heterocycles. The molecule has 2 unspecified atom stereocenters. The van der Waals surface area contributed by atoms with Gasteiger partial charge in [-0.25, -0.2) is 4.98 Å². The van der Waals surface area contributed by atoms with Gasteiger partial charge in [0.05, 0.1) is 39.9 Å². The molecule has 8 nitrogen and oxygen atoms in total. The summed E-state index contributed by atoms with van der Waals surface area (Å²) in [5.74, 6) is -1.36. The summed E-state index contributed by atoms with van der Waals surface area (Å²) < 4.78 is 42.3. The molecule has 2 saturated heterocycles. The number of pyridine rings is 2. The van der Waals surface area contributed by atoms with E-state index in [9.17, 15) is 27.6 Å². The zero-order valence-corrected chi connectivity index (χ0v) is 27.6. The third kappa shape index (κ3) is 5.91. The summed E-state index contributed by atoms with van der Waals surface area (Å²) in [5, 5.41) is 3.19. The number of alkyl halides is 3. The molecule has 240 valence electrons. The topological polar surface area (TPSA) is 95.5 Å². The number of halogens is 6. The fourth-order valence-corrected chi connectivity index (χ4v) is 7.52. The van der Waals surface area contributed by atoms with E-state index >= 15 is 0 Å². The van der Waals surface area contributed by atoms with E-state index in [-0.39, 0.29) is 102 Å². The van der Waals surface area contributed by atoms with Crippen LogP contribution in [0, 0.1) is 24.2 Å². The Hall–Kier alpha value is -2.51. The Morgan fingerprint density at radius 1 is 1.14 bits per heavy atom. The minimum absolute atomic E-state index is 0. The smallest absolute Gasteiger partial charge is 0.337 e. The first kappa shape index (κ1) is 36.0. The van der Waals surface area contributed by atoms with Crippen molar-refractivity contribution in [2.24, 2.45) is 17.3 Å². The summed E-state index contributed by atoms with van der Waals surface area (Å²) in [6.45, 7) is 6.35. The van der Waals surface area contributed by atoms with E-state index in [1.807, 2.05) is 20.9 Å². The lowest BCUT2D eigenvalue weighted by Crippen LogP contribution is -2.47. The number of aryl methyl sites for hydroxylation is 1. The molecule has 3 fully saturated rings. The van der Waals surface area contributed by atoms with E-state index in [1.54, 1.807) is 17.0 Å². The molecule has 5 heterocycles. The van der Waals surface area contributed by atoms with Crippen molar-refractivity contribution in [3.63, 3.8) is 0 Å². The Labute approximate surface area is 275 Å². The Balaban J connectivity index is 0.00000176. The number of fused-ring (bicyclic) bond motifs is 2. The van der Waals surface area contributed by atoms with Gasteiger partial charge in [0.1, 0.15) is 5.69 Å². The maximum Gasteiger partial charge on any atom is 0.433 e. The highest BCUT2D eigenvalue weighted by Crippen LogP contribution is 2.63. The molecular formula is C29H33Cl3F3N5O3S. The molecular weight excluding hydrogens is 662 g/mol. The molecule has 44 heavy (non-hydrogen) atoms. The molecule has 0 bridgehead atoms. The molecule has 0 spiro atoms. The summed E-state index contributed by atoms with van der Waals surface area (Å²) in [6, 6.07) is 4.33. The standard InChI is InChI=1S/C29H30F3N5O3S.3ClH/c1-14-10-19(29(30,31)32)35-23(20(14)25(38)36-9-5-6-15(12-36)33-4)17-7-8-34-18-11-16(41-24(17)18)13-37-26(39)21-22(27(37)40)28(21,2)3;;;/h7-8,10-11,15,21-22,33H,5-6,9,12-13H2,1-4H3;3*1H/t15-,21?,22?;;;/m0.../s1. The maximum atomic E-state index is 13.9. The lowest BCUT2D eigenvalue weighted by Gasteiger charge is -2.33. The van der Waals surface area contributed by atoms with Crippen LogP contribution in [0.2, 0.25) is 0 Å². The van der Waals surface area contributed by atoms with Crippen molar-refractivity contribution in [2.45, 2.75) is 52.4 Å². The van der Waals surface area contributed by atoms with Gasteiger partial charge >= 0.3 is 6.18 Å². The Morgan fingerprint density at radius 2 is 1.80 bits per heavy atom. The van der Waals surface area contributed by atoms with Crippen molar-refractivity contribution in [3.8, 4) is 11.3 Å². The molecule has 3 amide bonds. The predicted octanol–water partition coefficient (Wildman–Crippen LogP) is 5.92. The average molecular weight is 695 g/mol. The van der Waals surface area contributed by atoms with Gasteiger partial charge in [0.25, 0.3) is 5.91 Å². The largest absolute Gasteiger partial charge is 0.433 e. The number of likely N-dealkylation sites (tertiary alicyclic amines) is 2. The van der Waals surface area contributed by atoms with Crippen molar-refractivity contribution in [1.29, 1.82) is 0 Å². The number of piperidine rings is 2. The van der Waals surface area contributed by atoms with Crippen LogP contribution in [-0.2, 0) is 22.3 Å². The van der Waals surface area contributed by atoms with Gasteiger partial charge in [-0.3, -0.25) is 24.3 Å². The van der Waals surface area contributed by atoms with Gasteiger partial charge in [-0.15, -0.1) is 48.6 Å². The number of imide groups is 1. The summed E-state index contributed by atoms with van der Waals surface area (Å²) in [7, 11) is 1.82. The first-order valence-corrected chi connectivity index (χ1v) is 14.4. The van der Waals surface area contributed by atoms with Crippen molar-refractivity contribution in [3.05, 3.63) is 46.1 Å². The van der Waals surface area contributed by atoms with Gasteiger partial charge in [0, 0.05) is 35.8 Å². The molecule has 0 aromatic carbocycles. The number of nitrogens with one attached hydrogen (secondary N) is 1. The lowest BCUT2D eigenvalue weighted by molar-refractivity contribution is -0.144. The second-order valence-corrected chi connectivity index (χ2v) is 12.9. The first-order chi connectivity index (χ1) is 19.3. The van der Waals surface area contributed by atoms with Gasteiger partial charge in [-0.1, -0.05) is 13.8 Å². The molecule has 6 rings (SSSR count). The van der Waals surface area contributed by atoms with E-state index in [1.165, 1.54) is 29.4 Å². The summed E-state index contributed by atoms with van der Waals surface area (Å²) in [6.07, 6.45) is -1.55. The first-order valence-electron chi connectivity index (χ1n) is 13.6. The lowest BCUT2D eigenvalue weighted by atomic mass is 9.97. The number of amides is 3. The molecule has 3 aliphatic rings. The molecule has 2 aliphatic heterocycles. The van der Waals surface area contributed by atoms with Gasteiger partial charge in [0.2, 0.25) is 11.8 Å². The minimum Gasteiger partial charge on any atom is -0.337 e. The number of nitrogens with zero attached hydrogens (tertiary/aromatic N) is 4. The van der Waals surface area contributed by atoms with Gasteiger partial charge < -0.3 is 10.2 Å². The van der Waals surface area contributed by atoms with Crippen molar-refractivity contribution >= 4 is 76.5 Å². The highest BCUT2D eigenvalue weighted by Gasteiger charge is 2.72. The van der Waals surface area contributed by atoms with Crippen LogP contribution in [0.25, 0.3) is 21.5 Å². The van der Waals surface area contributed by atoms with Crippen LogP contribution in [0.3, 0.4) is 0 Å². The van der Waals surface area contributed by atoms with E-state index in [4.69, 9.17) is 0 Å². The van der Waals surface area contributed by atoms with Crippen LogP contribution in [-0.4, -0.2) is 63.7 Å². The quantitative estimate of drug-likeness (QED) is 0.334. The molecule has 1 N–H and O–H groups in total. The summed E-state index contributed by atoms with van der Waals surface area (Å²) in [5.41, 5.74) is -0.280. The second-order valence-electron chi connectivity index (χ2n) is 11.7. The normalized spacial score (nSPS) is 22.2. The van der Waals surface area contributed by atoms with Crippen molar-refractivity contribution < 1.29 is 27.6 Å². The van der Waals surface area contributed by atoms with Gasteiger partial charge in [-0.05, 0) is 56.0 Å². The number of aromatic nitrogens is 2. The van der Waals surface area contributed by atoms with Crippen LogP contribution in [0.1, 0.15) is 53.2 Å². The summed E-state index contributed by atoms with van der Waals surface area (Å²) >= 11 is 1.24. The highest BCUT2D eigenvalue weighted by molar-refractivity contribution is 7.19. The Bertz CT molecular complexity index is 1590. The number of thiophene rings is 1. The SMILES string of the molecule is CN[C@H]1CCCN(C(=O)c2c(C)cc(C(F)(F)F)nc2-c2ccnc3cc(CN4C(=O)C5C(C4=O)C5(C)C)sc23)C1.Cl.Cl.Cl. The van der Waals surface area contributed by atoms with Crippen LogP contribution in [0.5, 0.6) is 0 Å². The number of hydrogen-bond acceptors (Lipinski definition) is 7. The van der Waals surface area contributed by atoms with E-state index in [0.717, 1.165) is 18.9 Å². The van der Waals surface area contributed by atoms with E-state index in [0.29, 0.717) is 33.7 Å². The monoisotopic (exact) mass is 693 g/mol. The molecule has 1 saturated carbocycles. The zero-order chi connectivity index (χ0) is 29.4. The fourth-order valence-electron chi connectivity index (χ4n) is 6.41. The molecule has 1 aliphatic carbocycles. The third-order valence-corrected chi connectivity index (χ3v) is 9.90. The molecule has 0 radical (unpaired) electrons. The Kier molecular flexibility index (Phi) is 10.4. The summed E-state index contributed by atoms with van der Waals surface area (Å²) in [4.78, 5) is 51.7. The maximum absolute atomic E-state index is 13.9. The van der Waals surface area contributed by atoms with Crippen LogP contribution in [0.4, 0.5) is 13.2 Å². The van der Waals surface area contributed by atoms with Crippen LogP contribution < -0.4 is 5.32 Å².